The molecule has 0 bridgehead atoms. The summed E-state index contributed by atoms with van der Waals surface area (Å²) >= 11 is 0. The summed E-state index contributed by atoms with van der Waals surface area (Å²) in [5.74, 6) is 1.83. The lowest BCUT2D eigenvalue weighted by Crippen LogP contribution is -2.36. The summed E-state index contributed by atoms with van der Waals surface area (Å²) < 4.78 is 11.0. The number of nitrogens with zero attached hydrogens (tertiary/aromatic N) is 4. The first kappa shape index (κ1) is 21.8. The van der Waals surface area contributed by atoms with Crippen LogP contribution in [0.3, 0.4) is 0 Å². The van der Waals surface area contributed by atoms with Gasteiger partial charge >= 0.3 is 6.09 Å². The Morgan fingerprint density at radius 1 is 1.34 bits per heavy atom. The van der Waals surface area contributed by atoms with Crippen LogP contribution in [-0.4, -0.2) is 60.7 Å². The van der Waals surface area contributed by atoms with E-state index in [1.807, 2.05) is 38.1 Å². The van der Waals surface area contributed by atoms with E-state index >= 15 is 0 Å². The van der Waals surface area contributed by atoms with E-state index in [2.05, 4.69) is 26.2 Å². The second-order valence-electron chi connectivity index (χ2n) is 7.79. The van der Waals surface area contributed by atoms with Crippen LogP contribution in [0.25, 0.3) is 0 Å². The maximum absolute atomic E-state index is 11.9. The van der Waals surface area contributed by atoms with Crippen LogP contribution in [0.2, 0.25) is 0 Å². The zero-order chi connectivity index (χ0) is 22.5. The zero-order valence-corrected chi connectivity index (χ0v) is 18.3. The highest BCUT2D eigenvalue weighted by atomic mass is 16.6. The van der Waals surface area contributed by atoms with Gasteiger partial charge in [0, 0.05) is 25.8 Å². The van der Waals surface area contributed by atoms with Gasteiger partial charge in [0.15, 0.2) is 0 Å². The molecule has 0 fully saturated rings. The largest absolute Gasteiger partial charge is 0.489 e. The number of rotatable bonds is 9. The Labute approximate surface area is 187 Å². The summed E-state index contributed by atoms with van der Waals surface area (Å²) in [6, 6.07) is 7.84. The zero-order valence-electron chi connectivity index (χ0n) is 18.3. The number of benzene rings is 1. The molecule has 4 rings (SSSR count). The van der Waals surface area contributed by atoms with Crippen molar-refractivity contribution in [3.05, 3.63) is 53.2 Å². The predicted octanol–water partition coefficient (Wildman–Crippen LogP) is 2.29. The normalized spacial score (nSPS) is 16.6. The fourth-order valence-electron chi connectivity index (χ4n) is 3.71. The molecule has 2 aliphatic rings. The fourth-order valence-corrected chi connectivity index (χ4v) is 3.71. The van der Waals surface area contributed by atoms with Gasteiger partial charge in [-0.25, -0.2) is 9.78 Å². The van der Waals surface area contributed by atoms with E-state index in [0.29, 0.717) is 32.3 Å². The van der Waals surface area contributed by atoms with Crippen LogP contribution in [0, 0.1) is 0 Å². The number of anilines is 2. The van der Waals surface area contributed by atoms with E-state index < -0.39 is 6.09 Å². The first-order chi connectivity index (χ1) is 15.6. The molecule has 1 aromatic heterocycles. The molecule has 2 aromatic rings. The van der Waals surface area contributed by atoms with Crippen LogP contribution in [0.4, 0.5) is 16.6 Å². The molecule has 0 saturated heterocycles. The van der Waals surface area contributed by atoms with Crippen molar-refractivity contribution in [3.8, 4) is 5.75 Å². The maximum Gasteiger partial charge on any atom is 0.415 e. The number of carbonyl (C=O) groups is 2. The van der Waals surface area contributed by atoms with Gasteiger partial charge in [-0.3, -0.25) is 4.90 Å². The highest BCUT2D eigenvalue weighted by Crippen LogP contribution is 2.27. The van der Waals surface area contributed by atoms with Crippen LogP contribution in [0.5, 0.6) is 5.75 Å². The first-order valence-corrected chi connectivity index (χ1v) is 10.7. The van der Waals surface area contributed by atoms with Gasteiger partial charge in [0.1, 0.15) is 24.8 Å². The van der Waals surface area contributed by atoms with Gasteiger partial charge < -0.3 is 24.4 Å². The Morgan fingerprint density at radius 3 is 2.91 bits per heavy atom. The molecule has 166 valence electrons. The molecule has 32 heavy (non-hydrogen) atoms. The lowest BCUT2D eigenvalue weighted by Gasteiger charge is -2.27. The van der Waals surface area contributed by atoms with Gasteiger partial charge in [0.05, 0.1) is 17.8 Å². The van der Waals surface area contributed by atoms with Crippen LogP contribution in [0.15, 0.2) is 42.1 Å². The van der Waals surface area contributed by atoms with Crippen LogP contribution >= 0.6 is 0 Å². The minimum Gasteiger partial charge on any atom is -0.489 e. The van der Waals surface area contributed by atoms with Crippen molar-refractivity contribution in [1.29, 1.82) is 0 Å². The fraction of sp³-hybridized carbons (Fsp3) is 0.364. The van der Waals surface area contributed by atoms with Gasteiger partial charge in [-0.05, 0) is 37.1 Å². The second kappa shape index (κ2) is 9.82. The van der Waals surface area contributed by atoms with Crippen molar-refractivity contribution in [1.82, 2.24) is 14.8 Å². The molecule has 0 aliphatic carbocycles. The van der Waals surface area contributed by atoms with Crippen molar-refractivity contribution < 1.29 is 19.1 Å². The van der Waals surface area contributed by atoms with Crippen LogP contribution in [-0.2, 0) is 16.1 Å². The number of nitrogens with one attached hydrogen (secondary N) is 1. The summed E-state index contributed by atoms with van der Waals surface area (Å²) in [6.45, 7) is 6.65. The smallest absolute Gasteiger partial charge is 0.415 e. The molecule has 10 heteroatoms. The highest BCUT2D eigenvalue weighted by molar-refractivity contribution is 6.64. The van der Waals surface area contributed by atoms with Gasteiger partial charge in [-0.15, -0.1) is 0 Å². The summed E-state index contributed by atoms with van der Waals surface area (Å²) in [5, 5.41) is 3.30. The Morgan fingerprint density at radius 2 is 2.16 bits per heavy atom. The Bertz CT molecular complexity index is 1010. The van der Waals surface area contributed by atoms with Gasteiger partial charge in [0.2, 0.25) is 5.95 Å². The third kappa shape index (κ3) is 4.91. The highest BCUT2D eigenvalue weighted by Gasteiger charge is 2.26. The molecule has 0 unspecified atom stereocenters. The number of ether oxygens (including phenoxy) is 2. The second-order valence-corrected chi connectivity index (χ2v) is 7.79. The number of amides is 1. The number of carbonyl (C=O) groups excluding carboxylic acids is 2. The quantitative estimate of drug-likeness (QED) is 0.364. The molecule has 1 N–H and O–H groups in total. The van der Waals surface area contributed by atoms with Crippen LogP contribution < -0.4 is 15.0 Å². The topological polar surface area (TPSA) is 96.9 Å². The number of aromatic nitrogens is 2. The average molecular weight is 435 g/mol. The van der Waals surface area contributed by atoms with Crippen molar-refractivity contribution in [2.24, 2.45) is 0 Å². The van der Waals surface area contributed by atoms with Crippen molar-refractivity contribution in [2.75, 3.05) is 36.5 Å². The summed E-state index contributed by atoms with van der Waals surface area (Å²) in [5.41, 5.74) is 3.03. The monoisotopic (exact) mass is 435 g/mol. The lowest BCUT2D eigenvalue weighted by molar-refractivity contribution is 0.141. The number of hydrogen-bond acceptors (Lipinski definition) is 8. The van der Waals surface area contributed by atoms with E-state index in [1.54, 1.807) is 6.20 Å². The summed E-state index contributed by atoms with van der Waals surface area (Å²) in [6.07, 6.45) is 4.34. The molecule has 0 radical (unpaired) electrons. The van der Waals surface area contributed by atoms with E-state index in [1.165, 1.54) is 10.5 Å². The van der Waals surface area contributed by atoms with Crippen molar-refractivity contribution in [2.45, 2.75) is 26.5 Å². The average Bonchev–Trinajstić information content (AvgIpc) is 3.25. The third-order valence-corrected chi connectivity index (χ3v) is 5.53. The number of hydrogen-bond donors (Lipinski definition) is 1. The van der Waals surface area contributed by atoms with Crippen molar-refractivity contribution in [3.63, 3.8) is 0 Å². The molecule has 0 spiro atoms. The minimum absolute atomic E-state index is 0.0397. The molecular formula is C22H26BN5O4. The Balaban J connectivity index is 1.34. The standard InChI is InChI=1S/C22H26BN5O4/c1-3-28-20-18(13-32-22(28)30)10-24-21(26-20)25-15(2)17-4-6-19(7-5-17)31-12-16-8-9-27(11-16)23-14-29/h4-8,10,14-15,23H,3,9,11-13H2,1-2H3,(H,24,25,26)/t15-/m0/s1. The molecular weight excluding hydrogens is 409 g/mol. The van der Waals surface area contributed by atoms with E-state index in [9.17, 15) is 9.59 Å². The SMILES string of the molecule is CCN1C(=O)OCc2cnc(N[C@@H](C)c3ccc(OCC4=CCN(BC=O)C4)cc3)nc21. The van der Waals surface area contributed by atoms with E-state index in [-0.39, 0.29) is 12.6 Å². The molecule has 1 atom stereocenters. The maximum atomic E-state index is 11.9. The first-order valence-electron chi connectivity index (χ1n) is 10.7. The van der Waals surface area contributed by atoms with E-state index in [4.69, 9.17) is 9.47 Å². The van der Waals surface area contributed by atoms with Gasteiger partial charge in [0.25, 0.3) is 7.41 Å². The molecule has 3 heterocycles. The Hall–Kier alpha value is -3.40. The van der Waals surface area contributed by atoms with Gasteiger partial charge in [-0.2, -0.15) is 4.98 Å². The van der Waals surface area contributed by atoms with Gasteiger partial charge in [-0.1, -0.05) is 18.2 Å². The predicted molar refractivity (Wildman–Crippen MR) is 123 cm³/mol. The third-order valence-electron chi connectivity index (χ3n) is 5.53. The molecule has 2 aliphatic heterocycles. The van der Waals surface area contributed by atoms with Crippen LogP contribution in [0.1, 0.15) is 31.0 Å². The Kier molecular flexibility index (Phi) is 6.70. The summed E-state index contributed by atoms with van der Waals surface area (Å²) in [4.78, 5) is 35.0. The number of fused-ring (bicyclic) bond motifs is 1. The minimum atomic E-state index is -0.391. The van der Waals surface area contributed by atoms with Crippen molar-refractivity contribution >= 4 is 31.5 Å². The van der Waals surface area contributed by atoms with E-state index in [0.717, 1.165) is 36.2 Å². The molecule has 1 amide bonds. The lowest BCUT2D eigenvalue weighted by atomic mass is 9.95. The molecule has 0 saturated carbocycles. The molecule has 9 nitrogen and oxygen atoms in total. The summed E-state index contributed by atoms with van der Waals surface area (Å²) in [7, 11) is 0.452. The number of cyclic esters (lactones) is 1. The molecule has 1 aromatic carbocycles.